The highest BCUT2D eigenvalue weighted by atomic mass is 16.1. The first-order chi connectivity index (χ1) is 5.79. The molecular formula is C10H15NO. The van der Waals surface area contributed by atoms with Crippen molar-refractivity contribution in [3.8, 4) is 0 Å². The van der Waals surface area contributed by atoms with E-state index in [1.807, 2.05) is 0 Å². The summed E-state index contributed by atoms with van der Waals surface area (Å²) in [4.78, 5) is 11.0. The van der Waals surface area contributed by atoms with Gasteiger partial charge in [-0.25, -0.2) is 0 Å². The smallest absolute Gasteiger partial charge is 0.148 e. The number of rotatable bonds is 2. The van der Waals surface area contributed by atoms with Crippen LogP contribution in [0.4, 0.5) is 0 Å². The van der Waals surface area contributed by atoms with Crippen molar-refractivity contribution in [1.29, 1.82) is 0 Å². The van der Waals surface area contributed by atoms with Crippen molar-refractivity contribution < 1.29 is 4.79 Å². The second-order valence-corrected chi connectivity index (χ2v) is 3.76. The van der Waals surface area contributed by atoms with Gasteiger partial charge in [0.25, 0.3) is 0 Å². The minimum Gasteiger partial charge on any atom is -0.298 e. The zero-order valence-corrected chi connectivity index (χ0v) is 7.47. The lowest BCUT2D eigenvalue weighted by molar-refractivity contribution is -0.116. The maximum atomic E-state index is 11.0. The fourth-order valence-electron chi connectivity index (χ4n) is 1.96. The van der Waals surface area contributed by atoms with Crippen molar-refractivity contribution in [3.05, 3.63) is 11.6 Å². The first kappa shape index (κ1) is 7.99. The summed E-state index contributed by atoms with van der Waals surface area (Å²) in [5.74, 6) is 0.284. The molecule has 0 bridgehead atoms. The minimum atomic E-state index is 0.148. The van der Waals surface area contributed by atoms with Crippen LogP contribution in [-0.4, -0.2) is 17.9 Å². The number of hydrogen-bond acceptors (Lipinski definition) is 2. The molecule has 1 heterocycles. The third kappa shape index (κ3) is 1.44. The van der Waals surface area contributed by atoms with Crippen LogP contribution in [0.2, 0.25) is 0 Å². The highest BCUT2D eigenvalue weighted by Gasteiger charge is 2.41. The molecule has 2 atom stereocenters. The molecule has 0 aromatic rings. The third-order valence-electron chi connectivity index (χ3n) is 2.75. The molecule has 0 aromatic carbocycles. The zero-order chi connectivity index (χ0) is 8.55. The van der Waals surface area contributed by atoms with Gasteiger partial charge in [0.1, 0.15) is 5.78 Å². The molecule has 1 saturated heterocycles. The highest BCUT2D eigenvalue weighted by Crippen LogP contribution is 2.28. The Morgan fingerprint density at radius 1 is 1.58 bits per heavy atom. The van der Waals surface area contributed by atoms with E-state index in [1.165, 1.54) is 31.3 Å². The average Bonchev–Trinajstić information content (AvgIpc) is 2.84. The molecule has 2 aliphatic rings. The molecule has 2 rings (SSSR count). The Morgan fingerprint density at radius 2 is 2.42 bits per heavy atom. The van der Waals surface area contributed by atoms with Crippen molar-refractivity contribution in [1.82, 2.24) is 5.32 Å². The van der Waals surface area contributed by atoms with Gasteiger partial charge in [-0.05, 0) is 32.6 Å². The van der Waals surface area contributed by atoms with E-state index >= 15 is 0 Å². The number of carbonyl (C=O) groups is 1. The van der Waals surface area contributed by atoms with Gasteiger partial charge < -0.3 is 0 Å². The highest BCUT2D eigenvalue weighted by molar-refractivity contribution is 5.86. The number of hydrogen-bond donors (Lipinski definition) is 1. The summed E-state index contributed by atoms with van der Waals surface area (Å²) in [6.07, 6.45) is 7.33. The van der Waals surface area contributed by atoms with Gasteiger partial charge >= 0.3 is 0 Å². The summed E-state index contributed by atoms with van der Waals surface area (Å²) in [5, 5.41) is 3.22. The Morgan fingerprint density at radius 3 is 2.92 bits per heavy atom. The summed E-state index contributed by atoms with van der Waals surface area (Å²) in [6.45, 7) is 1.67. The molecule has 0 radical (unpaired) electrons. The molecule has 1 fully saturated rings. The van der Waals surface area contributed by atoms with Crippen molar-refractivity contribution in [2.75, 3.05) is 0 Å². The van der Waals surface area contributed by atoms with E-state index in [0.29, 0.717) is 6.04 Å². The van der Waals surface area contributed by atoms with Gasteiger partial charge in [0, 0.05) is 0 Å². The van der Waals surface area contributed by atoms with Crippen LogP contribution in [0.15, 0.2) is 11.6 Å². The van der Waals surface area contributed by atoms with E-state index < -0.39 is 0 Å². The van der Waals surface area contributed by atoms with E-state index in [-0.39, 0.29) is 11.8 Å². The number of nitrogens with one attached hydrogen (secondary N) is 1. The minimum absolute atomic E-state index is 0.148. The predicted molar refractivity (Wildman–Crippen MR) is 47.9 cm³/mol. The standard InChI is InChI=1S/C10H15NO/c1-7(12)9-10(11-9)8-5-3-2-4-6-8/h5,9-11H,2-4,6H2,1H3/t9-,10-/m0/s1. The fourth-order valence-corrected chi connectivity index (χ4v) is 1.96. The molecule has 0 amide bonds. The summed E-state index contributed by atoms with van der Waals surface area (Å²) in [6, 6.07) is 0.553. The van der Waals surface area contributed by atoms with Crippen LogP contribution >= 0.6 is 0 Å². The Labute approximate surface area is 73.0 Å². The van der Waals surface area contributed by atoms with Gasteiger partial charge in [-0.3, -0.25) is 10.1 Å². The van der Waals surface area contributed by atoms with Crippen molar-refractivity contribution in [2.45, 2.75) is 44.7 Å². The van der Waals surface area contributed by atoms with E-state index in [4.69, 9.17) is 0 Å². The van der Waals surface area contributed by atoms with Crippen LogP contribution < -0.4 is 5.32 Å². The molecule has 0 spiro atoms. The van der Waals surface area contributed by atoms with Crippen LogP contribution in [0.25, 0.3) is 0 Å². The van der Waals surface area contributed by atoms with Crippen molar-refractivity contribution >= 4 is 5.78 Å². The summed E-state index contributed by atoms with van der Waals surface area (Å²) in [5.41, 5.74) is 1.47. The summed E-state index contributed by atoms with van der Waals surface area (Å²) in [7, 11) is 0. The fraction of sp³-hybridized carbons (Fsp3) is 0.700. The molecule has 1 aliphatic heterocycles. The van der Waals surface area contributed by atoms with E-state index in [0.717, 1.165) is 0 Å². The van der Waals surface area contributed by atoms with E-state index in [2.05, 4.69) is 11.4 Å². The summed E-state index contributed by atoms with van der Waals surface area (Å²) < 4.78 is 0. The number of carbonyl (C=O) groups excluding carboxylic acids is 1. The molecule has 1 N–H and O–H groups in total. The lowest BCUT2D eigenvalue weighted by Crippen LogP contribution is -2.08. The van der Waals surface area contributed by atoms with Crippen LogP contribution in [0.5, 0.6) is 0 Å². The lowest BCUT2D eigenvalue weighted by Gasteiger charge is -2.10. The molecule has 2 nitrogen and oxygen atoms in total. The largest absolute Gasteiger partial charge is 0.298 e. The first-order valence-corrected chi connectivity index (χ1v) is 4.74. The molecule has 12 heavy (non-hydrogen) atoms. The Bertz CT molecular complexity index is 232. The zero-order valence-electron chi connectivity index (χ0n) is 7.47. The van der Waals surface area contributed by atoms with Crippen LogP contribution in [0, 0.1) is 0 Å². The van der Waals surface area contributed by atoms with Gasteiger partial charge in [-0.1, -0.05) is 11.6 Å². The van der Waals surface area contributed by atoms with Gasteiger partial charge in [0.15, 0.2) is 0 Å². The van der Waals surface area contributed by atoms with Crippen LogP contribution in [0.3, 0.4) is 0 Å². The number of allylic oxidation sites excluding steroid dienone is 1. The van der Waals surface area contributed by atoms with Crippen LogP contribution in [0.1, 0.15) is 32.6 Å². The molecule has 0 aromatic heterocycles. The Kier molecular flexibility index (Phi) is 2.01. The maximum absolute atomic E-state index is 11.0. The first-order valence-electron chi connectivity index (χ1n) is 4.74. The molecule has 2 heteroatoms. The van der Waals surface area contributed by atoms with Gasteiger partial charge in [0.05, 0.1) is 12.1 Å². The van der Waals surface area contributed by atoms with E-state index in [9.17, 15) is 4.79 Å². The Balaban J connectivity index is 1.95. The molecule has 0 saturated carbocycles. The number of Topliss-reactive ketones (excluding diaryl/α,β-unsaturated/α-hetero) is 1. The topological polar surface area (TPSA) is 39.0 Å². The van der Waals surface area contributed by atoms with Crippen molar-refractivity contribution in [2.24, 2.45) is 0 Å². The second kappa shape index (κ2) is 3.02. The van der Waals surface area contributed by atoms with Gasteiger partial charge in [-0.2, -0.15) is 0 Å². The molecule has 0 unspecified atom stereocenters. The van der Waals surface area contributed by atoms with E-state index in [1.54, 1.807) is 6.92 Å². The maximum Gasteiger partial charge on any atom is 0.148 e. The van der Waals surface area contributed by atoms with Gasteiger partial charge in [0.2, 0.25) is 0 Å². The third-order valence-corrected chi connectivity index (χ3v) is 2.75. The quantitative estimate of drug-likeness (QED) is 0.496. The monoisotopic (exact) mass is 165 g/mol. The lowest BCUT2D eigenvalue weighted by atomic mass is 9.95. The predicted octanol–water partition coefficient (Wildman–Crippen LogP) is 1.42. The number of ketones is 1. The normalized spacial score (nSPS) is 34.2. The summed E-state index contributed by atoms with van der Waals surface area (Å²) >= 11 is 0. The molecule has 66 valence electrons. The average molecular weight is 165 g/mol. The van der Waals surface area contributed by atoms with Crippen molar-refractivity contribution in [3.63, 3.8) is 0 Å². The second-order valence-electron chi connectivity index (χ2n) is 3.76. The van der Waals surface area contributed by atoms with Gasteiger partial charge in [-0.15, -0.1) is 0 Å². The van der Waals surface area contributed by atoms with Crippen LogP contribution in [-0.2, 0) is 4.79 Å². The Hall–Kier alpha value is -0.630. The molecule has 1 aliphatic carbocycles. The SMILES string of the molecule is CC(=O)[C@@H]1N[C@H]1C1=CCCCC1. The molecular weight excluding hydrogens is 150 g/mol.